The van der Waals surface area contributed by atoms with Crippen molar-refractivity contribution in [3.05, 3.63) is 46.9 Å². The van der Waals surface area contributed by atoms with Crippen molar-refractivity contribution in [2.75, 3.05) is 19.6 Å². The van der Waals surface area contributed by atoms with Gasteiger partial charge in [0.15, 0.2) is 0 Å². The number of carbonyl (C=O) groups excluding carboxylic acids is 2. The first kappa shape index (κ1) is 24.8. The molecular formula is C23H23F4N5O2S. The molecule has 0 radical (unpaired) electrons. The van der Waals surface area contributed by atoms with Gasteiger partial charge in [-0.25, -0.2) is 9.37 Å². The number of hydrogen-bond acceptors (Lipinski definition) is 5. The Morgan fingerprint density at radius 2 is 1.89 bits per heavy atom. The molecule has 2 amide bonds. The number of nitrogens with one attached hydrogen (secondary N) is 2. The number of nitrogens with zero attached hydrogens (tertiary/aromatic N) is 3. The second kappa shape index (κ2) is 10.1. The van der Waals surface area contributed by atoms with Gasteiger partial charge in [-0.3, -0.25) is 14.7 Å². The predicted octanol–water partition coefficient (Wildman–Crippen LogP) is 4.75. The summed E-state index contributed by atoms with van der Waals surface area (Å²) in [7, 11) is 0. The fraction of sp³-hybridized carbons (Fsp3) is 0.391. The van der Waals surface area contributed by atoms with E-state index in [-0.39, 0.29) is 30.6 Å². The average Bonchev–Trinajstić information content (AvgIpc) is 3.49. The van der Waals surface area contributed by atoms with Gasteiger partial charge in [-0.05, 0) is 43.5 Å². The van der Waals surface area contributed by atoms with Gasteiger partial charge in [-0.2, -0.15) is 18.3 Å². The molecule has 0 unspecified atom stereocenters. The Hall–Kier alpha value is -3.28. The van der Waals surface area contributed by atoms with Crippen molar-refractivity contribution >= 4 is 23.2 Å². The van der Waals surface area contributed by atoms with Crippen LogP contribution in [0.25, 0.3) is 21.8 Å². The third kappa shape index (κ3) is 5.37. The number of halogens is 4. The van der Waals surface area contributed by atoms with Gasteiger partial charge in [0.1, 0.15) is 22.2 Å². The lowest BCUT2D eigenvalue weighted by molar-refractivity contribution is -0.186. The topological polar surface area (TPSA) is 91.0 Å². The molecule has 1 aliphatic rings. The van der Waals surface area contributed by atoms with E-state index in [9.17, 15) is 27.2 Å². The van der Waals surface area contributed by atoms with Crippen LogP contribution >= 0.6 is 11.3 Å². The van der Waals surface area contributed by atoms with E-state index in [0.717, 1.165) is 11.3 Å². The summed E-state index contributed by atoms with van der Waals surface area (Å²) >= 11 is 1.25. The van der Waals surface area contributed by atoms with Gasteiger partial charge in [-0.15, -0.1) is 11.3 Å². The molecule has 0 atom stereocenters. The molecule has 186 valence electrons. The Morgan fingerprint density at radius 3 is 2.51 bits per heavy atom. The molecule has 3 heterocycles. The molecule has 2 aromatic heterocycles. The van der Waals surface area contributed by atoms with Crippen LogP contribution in [0.2, 0.25) is 0 Å². The van der Waals surface area contributed by atoms with Crippen LogP contribution < -0.4 is 5.32 Å². The number of hydrogen-bond donors (Lipinski definition) is 2. The first-order valence-corrected chi connectivity index (χ1v) is 12.0. The van der Waals surface area contributed by atoms with Gasteiger partial charge in [0.2, 0.25) is 0 Å². The lowest BCUT2D eigenvalue weighted by atomic mass is 9.90. The summed E-state index contributed by atoms with van der Waals surface area (Å²) < 4.78 is 52.0. The van der Waals surface area contributed by atoms with Crippen molar-refractivity contribution in [2.24, 2.45) is 0 Å². The van der Waals surface area contributed by atoms with Crippen LogP contribution in [0.4, 0.5) is 17.6 Å². The monoisotopic (exact) mass is 509 g/mol. The lowest BCUT2D eigenvalue weighted by Gasteiger charge is -2.32. The van der Waals surface area contributed by atoms with Gasteiger partial charge in [0, 0.05) is 42.2 Å². The summed E-state index contributed by atoms with van der Waals surface area (Å²) in [6.45, 7) is 2.36. The molecule has 1 saturated heterocycles. The maximum Gasteiger partial charge on any atom is 0.471 e. The van der Waals surface area contributed by atoms with Gasteiger partial charge in [0.05, 0.1) is 5.56 Å². The second-order valence-corrected chi connectivity index (χ2v) is 9.08. The van der Waals surface area contributed by atoms with Crippen LogP contribution in [0.1, 0.15) is 48.3 Å². The number of carbonyl (C=O) groups is 2. The minimum atomic E-state index is -4.91. The molecule has 7 nitrogen and oxygen atoms in total. The normalized spacial score (nSPS) is 14.8. The molecule has 1 aliphatic heterocycles. The van der Waals surface area contributed by atoms with Crippen molar-refractivity contribution in [3.63, 3.8) is 0 Å². The van der Waals surface area contributed by atoms with Crippen LogP contribution in [0, 0.1) is 5.82 Å². The van der Waals surface area contributed by atoms with E-state index in [2.05, 4.69) is 20.5 Å². The third-order valence-electron chi connectivity index (χ3n) is 5.83. The van der Waals surface area contributed by atoms with Crippen molar-refractivity contribution in [1.29, 1.82) is 0 Å². The summed E-state index contributed by atoms with van der Waals surface area (Å²) in [5.74, 6) is -2.75. The van der Waals surface area contributed by atoms with Gasteiger partial charge in [-0.1, -0.05) is 6.92 Å². The fourth-order valence-corrected chi connectivity index (χ4v) is 4.92. The van der Waals surface area contributed by atoms with Crippen LogP contribution in [0.5, 0.6) is 0 Å². The molecule has 0 spiro atoms. The minimum Gasteiger partial charge on any atom is -0.351 e. The average molecular weight is 510 g/mol. The smallest absolute Gasteiger partial charge is 0.351 e. The first-order chi connectivity index (χ1) is 16.7. The summed E-state index contributed by atoms with van der Waals surface area (Å²) in [6, 6.07) is 5.76. The largest absolute Gasteiger partial charge is 0.471 e. The highest BCUT2D eigenvalue weighted by Crippen LogP contribution is 2.41. The number of aromatic amines is 1. The third-order valence-corrected chi connectivity index (χ3v) is 6.69. The maximum absolute atomic E-state index is 13.5. The maximum atomic E-state index is 13.5. The van der Waals surface area contributed by atoms with Crippen molar-refractivity contribution in [2.45, 2.75) is 38.3 Å². The summed E-state index contributed by atoms with van der Waals surface area (Å²) in [5, 5.41) is 12.4. The lowest BCUT2D eigenvalue weighted by Crippen LogP contribution is -2.45. The molecular weight excluding hydrogens is 486 g/mol. The van der Waals surface area contributed by atoms with Crippen LogP contribution in [0.3, 0.4) is 0 Å². The fourth-order valence-electron chi connectivity index (χ4n) is 4.06. The Morgan fingerprint density at radius 1 is 1.20 bits per heavy atom. The van der Waals surface area contributed by atoms with Crippen LogP contribution in [-0.4, -0.2) is 57.7 Å². The van der Waals surface area contributed by atoms with E-state index in [0.29, 0.717) is 46.9 Å². The molecule has 0 saturated carbocycles. The molecule has 4 rings (SSSR count). The molecule has 2 N–H and O–H groups in total. The highest BCUT2D eigenvalue weighted by atomic mass is 32.1. The summed E-state index contributed by atoms with van der Waals surface area (Å²) in [5.41, 5.74) is 2.67. The van der Waals surface area contributed by atoms with E-state index in [4.69, 9.17) is 0 Å². The number of H-pyrrole nitrogens is 1. The Bertz CT molecular complexity index is 1200. The van der Waals surface area contributed by atoms with E-state index in [1.54, 1.807) is 17.5 Å². The Labute approximate surface area is 202 Å². The first-order valence-electron chi connectivity index (χ1n) is 11.1. The Kier molecular flexibility index (Phi) is 7.20. The number of aromatic nitrogens is 3. The van der Waals surface area contributed by atoms with Crippen molar-refractivity contribution in [1.82, 2.24) is 25.4 Å². The molecule has 3 aromatic rings. The molecule has 0 bridgehead atoms. The van der Waals surface area contributed by atoms with E-state index in [1.165, 1.54) is 23.5 Å². The van der Waals surface area contributed by atoms with Gasteiger partial charge in [0.25, 0.3) is 5.91 Å². The highest BCUT2D eigenvalue weighted by molar-refractivity contribution is 7.13. The summed E-state index contributed by atoms with van der Waals surface area (Å²) in [6.07, 6.45) is -3.53. The van der Waals surface area contributed by atoms with E-state index >= 15 is 0 Å². The molecule has 12 heteroatoms. The van der Waals surface area contributed by atoms with Crippen LogP contribution in [0.15, 0.2) is 29.6 Å². The zero-order valence-electron chi connectivity index (χ0n) is 18.8. The van der Waals surface area contributed by atoms with Crippen LogP contribution in [-0.2, 0) is 4.79 Å². The number of amides is 2. The predicted molar refractivity (Wildman–Crippen MR) is 122 cm³/mol. The molecule has 1 aromatic carbocycles. The molecule has 35 heavy (non-hydrogen) atoms. The number of benzene rings is 1. The minimum absolute atomic E-state index is 0.0457. The number of alkyl halides is 3. The number of rotatable bonds is 6. The summed E-state index contributed by atoms with van der Waals surface area (Å²) in [4.78, 5) is 29.3. The second-order valence-electron chi connectivity index (χ2n) is 8.23. The standard InChI is InChI=1S/C23H23F4N5O2S/c1-2-9-28-20(33)16-12-35-21(29-16)17-18(13-3-5-15(24)6-4-13)30-31-19(17)14-7-10-32(11-8-14)22(34)23(25,26)27/h3-6,12,14H,2,7-11H2,1H3,(H,28,33)(H,30,31). The number of piperidine rings is 1. The number of likely N-dealkylation sites (tertiary alicyclic amines) is 1. The molecule has 0 aliphatic carbocycles. The van der Waals surface area contributed by atoms with Gasteiger partial charge < -0.3 is 10.2 Å². The Balaban J connectivity index is 1.66. The SMILES string of the molecule is CCCNC(=O)c1csc(-c2c(-c3ccc(F)cc3)n[nH]c2C2CCN(C(=O)C(F)(F)F)CC2)n1. The van der Waals surface area contributed by atoms with E-state index in [1.807, 2.05) is 6.92 Å². The van der Waals surface area contributed by atoms with E-state index < -0.39 is 17.9 Å². The number of thiazole rings is 1. The highest BCUT2D eigenvalue weighted by Gasteiger charge is 2.43. The molecule has 1 fully saturated rings. The van der Waals surface area contributed by atoms with Gasteiger partial charge >= 0.3 is 12.1 Å². The quantitative estimate of drug-likeness (QED) is 0.470. The zero-order chi connectivity index (χ0) is 25.2. The van der Waals surface area contributed by atoms with Crippen molar-refractivity contribution in [3.8, 4) is 21.8 Å². The van der Waals surface area contributed by atoms with Crippen molar-refractivity contribution < 1.29 is 27.2 Å². The zero-order valence-corrected chi connectivity index (χ0v) is 19.6.